The average molecular weight is 523 g/mol. The maximum atomic E-state index is 9.70. The standard InChI is InChI=1S/C29H34N10/c1-21(2)38-18-23(14-33-38)17-36-8-10-37(11-9-36)28(31-4)7-6-22(3)27-12-24(26-16-32-35(5)19-26)20-39-29(27)25(13-30)15-34-39/h6-7,12,14-16,18-21H,4,8-11,17H2,1-3,5H3/b22-6+,28-7+. The molecule has 0 amide bonds. The molecular formula is C29H34N10. The fourth-order valence-corrected chi connectivity index (χ4v) is 4.91. The maximum absolute atomic E-state index is 9.70. The zero-order valence-corrected chi connectivity index (χ0v) is 23.0. The molecule has 0 N–H and O–H groups in total. The Balaban J connectivity index is 1.35. The first-order chi connectivity index (χ1) is 18.9. The molecule has 0 aliphatic carbocycles. The normalized spacial score (nSPS) is 15.3. The Labute approximate surface area is 228 Å². The van der Waals surface area contributed by atoms with E-state index in [9.17, 15) is 5.26 Å². The zero-order valence-electron chi connectivity index (χ0n) is 23.0. The molecule has 0 aromatic carbocycles. The number of allylic oxidation sites excluding steroid dienone is 3. The largest absolute Gasteiger partial charge is 0.354 e. The maximum Gasteiger partial charge on any atom is 0.127 e. The van der Waals surface area contributed by atoms with Crippen LogP contribution in [0.3, 0.4) is 0 Å². The van der Waals surface area contributed by atoms with Crippen molar-refractivity contribution in [3.63, 3.8) is 0 Å². The smallest absolute Gasteiger partial charge is 0.127 e. The topological polar surface area (TPSA) is 95.6 Å². The molecule has 39 heavy (non-hydrogen) atoms. The molecule has 5 heterocycles. The lowest BCUT2D eigenvalue weighted by Gasteiger charge is -2.35. The van der Waals surface area contributed by atoms with Gasteiger partial charge in [-0.2, -0.15) is 20.6 Å². The lowest BCUT2D eigenvalue weighted by molar-refractivity contribution is 0.152. The summed E-state index contributed by atoms with van der Waals surface area (Å²) in [5.41, 5.74) is 6.48. The fraction of sp³-hybridized carbons (Fsp3) is 0.345. The van der Waals surface area contributed by atoms with Crippen LogP contribution in [0.25, 0.3) is 22.2 Å². The molecule has 200 valence electrons. The lowest BCUT2D eigenvalue weighted by atomic mass is 10.0. The molecule has 10 nitrogen and oxygen atoms in total. The third kappa shape index (κ3) is 5.54. The summed E-state index contributed by atoms with van der Waals surface area (Å²) in [6, 6.07) is 4.74. The molecule has 0 radical (unpaired) electrons. The zero-order chi connectivity index (χ0) is 27.5. The average Bonchev–Trinajstić information content (AvgIpc) is 3.69. The van der Waals surface area contributed by atoms with E-state index in [1.807, 2.05) is 55.6 Å². The summed E-state index contributed by atoms with van der Waals surface area (Å²) < 4.78 is 5.55. The minimum Gasteiger partial charge on any atom is -0.354 e. The molecule has 0 spiro atoms. The van der Waals surface area contributed by atoms with E-state index in [0.717, 1.165) is 66.3 Å². The van der Waals surface area contributed by atoms with Crippen LogP contribution in [0.1, 0.15) is 43.5 Å². The van der Waals surface area contributed by atoms with Crippen molar-refractivity contribution in [2.45, 2.75) is 33.4 Å². The molecule has 0 atom stereocenters. The third-order valence-corrected chi connectivity index (χ3v) is 7.13. The number of piperazine rings is 1. The summed E-state index contributed by atoms with van der Waals surface area (Å²) in [6.07, 6.45) is 15.5. The predicted octanol–water partition coefficient (Wildman–Crippen LogP) is 4.15. The predicted molar refractivity (Wildman–Crippen MR) is 153 cm³/mol. The van der Waals surface area contributed by atoms with Gasteiger partial charge in [-0.15, -0.1) is 0 Å². The van der Waals surface area contributed by atoms with E-state index >= 15 is 0 Å². The second-order valence-corrected chi connectivity index (χ2v) is 10.2. The van der Waals surface area contributed by atoms with E-state index in [2.05, 4.69) is 69.0 Å². The number of aromatic nitrogens is 6. The number of pyridine rings is 1. The number of aryl methyl sites for hydroxylation is 1. The van der Waals surface area contributed by atoms with E-state index < -0.39 is 0 Å². The van der Waals surface area contributed by atoms with Crippen LogP contribution < -0.4 is 0 Å². The molecule has 1 aliphatic rings. The van der Waals surface area contributed by atoms with Crippen molar-refractivity contribution in [2.75, 3.05) is 26.2 Å². The van der Waals surface area contributed by atoms with Crippen molar-refractivity contribution in [1.82, 2.24) is 39.0 Å². The van der Waals surface area contributed by atoms with Crippen molar-refractivity contribution < 1.29 is 0 Å². The number of fused-ring (bicyclic) bond motifs is 1. The Kier molecular flexibility index (Phi) is 7.43. The summed E-state index contributed by atoms with van der Waals surface area (Å²) in [5, 5.41) is 22.9. The van der Waals surface area contributed by atoms with Gasteiger partial charge in [0.1, 0.15) is 11.9 Å². The molecule has 4 aromatic heterocycles. The van der Waals surface area contributed by atoms with Crippen LogP contribution in [0, 0.1) is 11.3 Å². The molecule has 0 saturated carbocycles. The molecule has 0 bridgehead atoms. The highest BCUT2D eigenvalue weighted by Gasteiger charge is 2.19. The van der Waals surface area contributed by atoms with Gasteiger partial charge in [0.2, 0.25) is 0 Å². The van der Waals surface area contributed by atoms with Crippen molar-refractivity contribution in [3.8, 4) is 17.2 Å². The Morgan fingerprint density at radius 2 is 1.85 bits per heavy atom. The molecule has 0 unspecified atom stereocenters. The quantitative estimate of drug-likeness (QED) is 0.255. The monoisotopic (exact) mass is 522 g/mol. The lowest BCUT2D eigenvalue weighted by Crippen LogP contribution is -2.45. The van der Waals surface area contributed by atoms with Crippen molar-refractivity contribution in [3.05, 3.63) is 77.9 Å². The Morgan fingerprint density at radius 1 is 1.05 bits per heavy atom. The number of rotatable bonds is 8. The van der Waals surface area contributed by atoms with Crippen LogP contribution in [0.4, 0.5) is 0 Å². The molecule has 5 rings (SSSR count). The van der Waals surface area contributed by atoms with Crippen LogP contribution in [0.2, 0.25) is 0 Å². The summed E-state index contributed by atoms with van der Waals surface area (Å²) in [7, 11) is 1.89. The molecule has 10 heteroatoms. The van der Waals surface area contributed by atoms with Crippen LogP contribution in [-0.2, 0) is 13.6 Å². The second-order valence-electron chi connectivity index (χ2n) is 10.2. The number of aliphatic imine (C=N–C) groups is 1. The number of hydrogen-bond acceptors (Lipinski definition) is 7. The van der Waals surface area contributed by atoms with E-state index in [-0.39, 0.29) is 0 Å². The SMILES string of the molecule is C=N/C(=C\C=C(/C)c1cc(-c2cnn(C)c2)cn2ncc(C#N)c12)N1CCN(Cc2cnn(C(C)C)c2)CC1. The molecular weight excluding hydrogens is 488 g/mol. The minimum absolute atomic E-state index is 0.368. The number of nitriles is 1. The second kappa shape index (κ2) is 11.1. The summed E-state index contributed by atoms with van der Waals surface area (Å²) >= 11 is 0. The Bertz CT molecular complexity index is 1580. The van der Waals surface area contributed by atoms with Gasteiger partial charge in [-0.1, -0.05) is 6.08 Å². The first-order valence-electron chi connectivity index (χ1n) is 13.1. The third-order valence-electron chi connectivity index (χ3n) is 7.13. The summed E-state index contributed by atoms with van der Waals surface area (Å²) in [4.78, 5) is 9.06. The van der Waals surface area contributed by atoms with Gasteiger partial charge in [0.15, 0.2) is 0 Å². The van der Waals surface area contributed by atoms with Crippen molar-refractivity contribution in [2.24, 2.45) is 12.0 Å². The first kappa shape index (κ1) is 26.1. The number of nitrogens with zero attached hydrogens (tertiary/aromatic N) is 10. The van der Waals surface area contributed by atoms with Gasteiger partial charge in [-0.3, -0.25) is 14.3 Å². The van der Waals surface area contributed by atoms with E-state index in [1.165, 1.54) is 5.56 Å². The highest BCUT2D eigenvalue weighted by molar-refractivity contribution is 5.84. The highest BCUT2D eigenvalue weighted by Crippen LogP contribution is 2.29. The summed E-state index contributed by atoms with van der Waals surface area (Å²) in [5.74, 6) is 0.843. The van der Waals surface area contributed by atoms with Crippen LogP contribution in [0.5, 0.6) is 0 Å². The molecule has 1 saturated heterocycles. The van der Waals surface area contributed by atoms with Crippen LogP contribution in [0.15, 0.2) is 66.2 Å². The Hall–Kier alpha value is -4.49. The Morgan fingerprint density at radius 3 is 2.49 bits per heavy atom. The molecule has 1 fully saturated rings. The molecule has 4 aromatic rings. The first-order valence-corrected chi connectivity index (χ1v) is 13.1. The highest BCUT2D eigenvalue weighted by atomic mass is 15.3. The van der Waals surface area contributed by atoms with Gasteiger partial charge in [0.05, 0.1) is 29.7 Å². The van der Waals surface area contributed by atoms with Crippen molar-refractivity contribution in [1.29, 1.82) is 5.26 Å². The van der Waals surface area contributed by atoms with Crippen LogP contribution in [-0.4, -0.2) is 71.9 Å². The fourth-order valence-electron chi connectivity index (χ4n) is 4.91. The van der Waals surface area contributed by atoms with E-state index in [0.29, 0.717) is 11.6 Å². The van der Waals surface area contributed by atoms with Gasteiger partial charge in [-0.05, 0) is 45.2 Å². The van der Waals surface area contributed by atoms with Gasteiger partial charge in [0.25, 0.3) is 0 Å². The van der Waals surface area contributed by atoms with Crippen molar-refractivity contribution >= 4 is 17.8 Å². The van der Waals surface area contributed by atoms with Crippen LogP contribution >= 0.6 is 0 Å². The minimum atomic E-state index is 0.368. The van der Waals surface area contributed by atoms with Gasteiger partial charge < -0.3 is 4.90 Å². The van der Waals surface area contributed by atoms with Gasteiger partial charge >= 0.3 is 0 Å². The van der Waals surface area contributed by atoms with Gasteiger partial charge in [-0.25, -0.2) is 9.51 Å². The van der Waals surface area contributed by atoms with E-state index in [4.69, 9.17) is 0 Å². The van der Waals surface area contributed by atoms with E-state index in [1.54, 1.807) is 15.4 Å². The summed E-state index contributed by atoms with van der Waals surface area (Å²) in [6.45, 7) is 14.7. The van der Waals surface area contributed by atoms with Gasteiger partial charge in [0, 0.05) is 86.7 Å². The number of hydrogen-bond donors (Lipinski definition) is 0. The molecule has 1 aliphatic heterocycles.